The van der Waals surface area contributed by atoms with Crippen molar-refractivity contribution in [3.05, 3.63) is 59.4 Å². The molecule has 3 rings (SSSR count). The van der Waals surface area contributed by atoms with E-state index in [0.717, 1.165) is 37.2 Å². The van der Waals surface area contributed by atoms with Crippen LogP contribution in [0.15, 0.2) is 42.6 Å². The van der Waals surface area contributed by atoms with Crippen LogP contribution < -0.4 is 10.2 Å². The van der Waals surface area contributed by atoms with Crippen molar-refractivity contribution in [3.63, 3.8) is 0 Å². The molecule has 1 aromatic heterocycles. The molecular weight excluding hydrogens is 314 g/mol. The number of aliphatic hydroxyl groups excluding tert-OH is 1. The number of anilines is 1. The Morgan fingerprint density at radius 1 is 1.20 bits per heavy atom. The summed E-state index contributed by atoms with van der Waals surface area (Å²) >= 11 is 0. The van der Waals surface area contributed by atoms with Gasteiger partial charge in [-0.1, -0.05) is 12.1 Å². The van der Waals surface area contributed by atoms with Gasteiger partial charge in [0.2, 0.25) is 0 Å². The van der Waals surface area contributed by atoms with Gasteiger partial charge in [0.15, 0.2) is 0 Å². The maximum atomic E-state index is 12.1. The van der Waals surface area contributed by atoms with Gasteiger partial charge < -0.3 is 15.3 Å². The molecular formula is C20H25N3O2. The number of aromatic nitrogens is 1. The lowest BCUT2D eigenvalue weighted by Gasteiger charge is -2.33. The fourth-order valence-corrected chi connectivity index (χ4v) is 3.08. The number of carbonyl (C=O) groups excluding carboxylic acids is 1. The molecule has 1 fully saturated rings. The average molecular weight is 339 g/mol. The Hall–Kier alpha value is -2.40. The van der Waals surface area contributed by atoms with Crippen molar-refractivity contribution < 1.29 is 9.90 Å². The summed E-state index contributed by atoms with van der Waals surface area (Å²) in [5, 5.41) is 12.2. The van der Waals surface area contributed by atoms with Crippen LogP contribution in [0.1, 0.15) is 34.5 Å². The van der Waals surface area contributed by atoms with E-state index in [4.69, 9.17) is 0 Å². The average Bonchev–Trinajstić information content (AvgIpc) is 2.67. The minimum atomic E-state index is -0.109. The number of amides is 1. The van der Waals surface area contributed by atoms with Crippen molar-refractivity contribution in [1.29, 1.82) is 0 Å². The van der Waals surface area contributed by atoms with Crippen LogP contribution >= 0.6 is 0 Å². The van der Waals surface area contributed by atoms with Gasteiger partial charge in [0.05, 0.1) is 5.56 Å². The number of aliphatic hydroxyl groups is 1. The second-order valence-corrected chi connectivity index (χ2v) is 6.65. The first kappa shape index (κ1) is 17.4. The molecule has 0 aliphatic carbocycles. The van der Waals surface area contributed by atoms with Crippen molar-refractivity contribution >= 4 is 11.6 Å². The molecule has 0 unspecified atom stereocenters. The molecule has 0 bridgehead atoms. The van der Waals surface area contributed by atoms with Crippen LogP contribution in [-0.4, -0.2) is 35.7 Å². The van der Waals surface area contributed by atoms with E-state index in [1.807, 2.05) is 13.0 Å². The number of aryl methyl sites for hydroxylation is 1. The van der Waals surface area contributed by atoms with Crippen LogP contribution in [0, 0.1) is 12.8 Å². The molecule has 5 heteroatoms. The molecule has 2 N–H and O–H groups in total. The summed E-state index contributed by atoms with van der Waals surface area (Å²) in [5.74, 6) is 0.338. The number of piperidine rings is 1. The zero-order valence-electron chi connectivity index (χ0n) is 14.6. The summed E-state index contributed by atoms with van der Waals surface area (Å²) in [6.45, 7) is 4.67. The van der Waals surface area contributed by atoms with Gasteiger partial charge in [-0.15, -0.1) is 0 Å². The summed E-state index contributed by atoms with van der Waals surface area (Å²) in [7, 11) is 0. The van der Waals surface area contributed by atoms with E-state index in [9.17, 15) is 9.90 Å². The summed E-state index contributed by atoms with van der Waals surface area (Å²) in [6.07, 6.45) is 3.68. The molecule has 1 aromatic carbocycles. The summed E-state index contributed by atoms with van der Waals surface area (Å²) < 4.78 is 0. The van der Waals surface area contributed by atoms with Gasteiger partial charge in [0.25, 0.3) is 5.91 Å². The SMILES string of the molecule is Cc1ccc(C(=O)NCc2ccc(N3CCC(CO)CC3)cc2)cn1. The van der Waals surface area contributed by atoms with Crippen LogP contribution in [0.5, 0.6) is 0 Å². The Labute approximate surface area is 148 Å². The maximum Gasteiger partial charge on any atom is 0.253 e. The zero-order chi connectivity index (χ0) is 17.6. The van der Waals surface area contributed by atoms with Gasteiger partial charge in [-0.05, 0) is 55.5 Å². The molecule has 0 spiro atoms. The van der Waals surface area contributed by atoms with Crippen LogP contribution in [0.3, 0.4) is 0 Å². The molecule has 0 atom stereocenters. The number of pyridine rings is 1. The third kappa shape index (κ3) is 4.57. The summed E-state index contributed by atoms with van der Waals surface area (Å²) in [6, 6.07) is 11.9. The van der Waals surface area contributed by atoms with Crippen molar-refractivity contribution in [3.8, 4) is 0 Å². The zero-order valence-corrected chi connectivity index (χ0v) is 14.6. The van der Waals surface area contributed by atoms with E-state index in [0.29, 0.717) is 24.6 Å². The van der Waals surface area contributed by atoms with Crippen LogP contribution in [0.4, 0.5) is 5.69 Å². The smallest absolute Gasteiger partial charge is 0.253 e. The highest BCUT2D eigenvalue weighted by molar-refractivity contribution is 5.93. The maximum absolute atomic E-state index is 12.1. The lowest BCUT2D eigenvalue weighted by molar-refractivity contribution is 0.0950. The first-order chi connectivity index (χ1) is 12.2. The summed E-state index contributed by atoms with van der Waals surface area (Å²) in [5.41, 5.74) is 3.75. The molecule has 0 saturated carbocycles. The van der Waals surface area contributed by atoms with E-state index >= 15 is 0 Å². The second kappa shape index (κ2) is 8.12. The van der Waals surface area contributed by atoms with Crippen LogP contribution in [0.2, 0.25) is 0 Å². The summed E-state index contributed by atoms with van der Waals surface area (Å²) in [4.78, 5) is 18.6. The van der Waals surface area contributed by atoms with E-state index < -0.39 is 0 Å². The molecule has 0 radical (unpaired) electrons. The van der Waals surface area contributed by atoms with Gasteiger partial charge in [0, 0.05) is 43.8 Å². The predicted octanol–water partition coefficient (Wildman–Crippen LogP) is 2.53. The van der Waals surface area contributed by atoms with E-state index in [1.165, 1.54) is 5.69 Å². The number of benzene rings is 1. The van der Waals surface area contributed by atoms with Gasteiger partial charge >= 0.3 is 0 Å². The Morgan fingerprint density at radius 3 is 2.52 bits per heavy atom. The first-order valence-corrected chi connectivity index (χ1v) is 8.81. The highest BCUT2D eigenvalue weighted by Gasteiger charge is 2.18. The number of hydrogen-bond donors (Lipinski definition) is 2. The highest BCUT2D eigenvalue weighted by atomic mass is 16.3. The number of carbonyl (C=O) groups is 1. The largest absolute Gasteiger partial charge is 0.396 e. The molecule has 5 nitrogen and oxygen atoms in total. The molecule has 1 amide bonds. The fourth-order valence-electron chi connectivity index (χ4n) is 3.08. The van der Waals surface area contributed by atoms with Crippen molar-refractivity contribution in [2.45, 2.75) is 26.3 Å². The van der Waals surface area contributed by atoms with Gasteiger partial charge in [0.1, 0.15) is 0 Å². The van der Waals surface area contributed by atoms with E-state index in [1.54, 1.807) is 12.3 Å². The molecule has 2 aromatic rings. The Morgan fingerprint density at radius 2 is 1.92 bits per heavy atom. The molecule has 2 heterocycles. The van der Waals surface area contributed by atoms with Gasteiger partial charge in [-0.25, -0.2) is 0 Å². The third-order valence-electron chi connectivity index (χ3n) is 4.80. The molecule has 1 aliphatic rings. The topological polar surface area (TPSA) is 65.5 Å². The monoisotopic (exact) mass is 339 g/mol. The lowest BCUT2D eigenvalue weighted by Crippen LogP contribution is -2.34. The minimum absolute atomic E-state index is 0.109. The second-order valence-electron chi connectivity index (χ2n) is 6.65. The number of hydrogen-bond acceptors (Lipinski definition) is 4. The quantitative estimate of drug-likeness (QED) is 0.878. The van der Waals surface area contributed by atoms with E-state index in [2.05, 4.69) is 39.5 Å². The molecule has 1 aliphatic heterocycles. The number of nitrogens with zero attached hydrogens (tertiary/aromatic N) is 2. The molecule has 1 saturated heterocycles. The highest BCUT2D eigenvalue weighted by Crippen LogP contribution is 2.23. The Balaban J connectivity index is 1.52. The van der Waals surface area contributed by atoms with Crippen molar-refractivity contribution in [1.82, 2.24) is 10.3 Å². The lowest BCUT2D eigenvalue weighted by atomic mass is 9.97. The fraction of sp³-hybridized carbons (Fsp3) is 0.400. The van der Waals surface area contributed by atoms with Gasteiger partial charge in [-0.2, -0.15) is 0 Å². The van der Waals surface area contributed by atoms with Gasteiger partial charge in [-0.3, -0.25) is 9.78 Å². The Bertz CT molecular complexity index is 690. The first-order valence-electron chi connectivity index (χ1n) is 8.81. The normalized spacial score (nSPS) is 15.2. The van der Waals surface area contributed by atoms with Crippen LogP contribution in [0.25, 0.3) is 0 Å². The third-order valence-corrected chi connectivity index (χ3v) is 4.80. The standard InChI is InChI=1S/C20H25N3O2/c1-15-2-5-18(13-21-15)20(25)22-12-16-3-6-19(7-4-16)23-10-8-17(14-24)9-11-23/h2-7,13,17,24H,8-12,14H2,1H3,(H,22,25). The Kier molecular flexibility index (Phi) is 5.66. The molecule has 132 valence electrons. The van der Waals surface area contributed by atoms with Crippen molar-refractivity contribution in [2.24, 2.45) is 5.92 Å². The molecule has 25 heavy (non-hydrogen) atoms. The number of rotatable bonds is 5. The van der Waals surface area contributed by atoms with E-state index in [-0.39, 0.29) is 5.91 Å². The van der Waals surface area contributed by atoms with Crippen molar-refractivity contribution in [2.75, 3.05) is 24.6 Å². The van der Waals surface area contributed by atoms with Crippen LogP contribution in [-0.2, 0) is 6.54 Å². The predicted molar refractivity (Wildman–Crippen MR) is 98.6 cm³/mol. The number of nitrogens with one attached hydrogen (secondary N) is 1. The minimum Gasteiger partial charge on any atom is -0.396 e.